The van der Waals surface area contributed by atoms with E-state index < -0.39 is 0 Å². The molecule has 0 spiro atoms. The van der Waals surface area contributed by atoms with E-state index in [0.29, 0.717) is 0 Å². The molecule has 1 saturated heterocycles. The van der Waals surface area contributed by atoms with Crippen molar-refractivity contribution in [1.82, 2.24) is 14.8 Å². The molecule has 1 aliphatic rings. The number of nitrogens with one attached hydrogen (secondary N) is 1. The minimum atomic E-state index is 0.939. The van der Waals surface area contributed by atoms with Gasteiger partial charge in [-0.25, -0.2) is 0 Å². The summed E-state index contributed by atoms with van der Waals surface area (Å²) in [6, 6.07) is 2.18. The Bertz CT molecular complexity index is 324. The molecule has 1 aromatic rings. The number of rotatable bonds is 5. The Labute approximate surface area is 105 Å². The minimum Gasteiger partial charge on any atom is -0.357 e. The molecular formula is C14H25N3. The molecule has 1 aromatic heterocycles. The fourth-order valence-electron chi connectivity index (χ4n) is 2.56. The van der Waals surface area contributed by atoms with Crippen LogP contribution in [-0.2, 0) is 13.6 Å². The SMILES string of the molecule is CN1CCC(CCNCc2ccn(C)c2)CC1. The molecule has 0 bridgehead atoms. The molecule has 0 saturated carbocycles. The third-order valence-corrected chi connectivity index (χ3v) is 3.79. The molecule has 3 nitrogen and oxygen atoms in total. The minimum absolute atomic E-state index is 0.939. The van der Waals surface area contributed by atoms with Gasteiger partial charge in [-0.1, -0.05) is 0 Å². The molecule has 17 heavy (non-hydrogen) atoms. The lowest BCUT2D eigenvalue weighted by molar-refractivity contribution is 0.211. The van der Waals surface area contributed by atoms with Gasteiger partial charge in [0.1, 0.15) is 0 Å². The van der Waals surface area contributed by atoms with Gasteiger partial charge in [-0.05, 0) is 63.5 Å². The maximum Gasteiger partial charge on any atom is 0.0220 e. The van der Waals surface area contributed by atoms with Gasteiger partial charge in [0, 0.05) is 26.0 Å². The second-order valence-corrected chi connectivity index (χ2v) is 5.40. The lowest BCUT2D eigenvalue weighted by Gasteiger charge is -2.28. The van der Waals surface area contributed by atoms with Crippen molar-refractivity contribution >= 4 is 0 Å². The van der Waals surface area contributed by atoms with Gasteiger partial charge in [-0.15, -0.1) is 0 Å². The van der Waals surface area contributed by atoms with Gasteiger partial charge in [0.05, 0.1) is 0 Å². The van der Waals surface area contributed by atoms with Gasteiger partial charge >= 0.3 is 0 Å². The van der Waals surface area contributed by atoms with Crippen molar-refractivity contribution < 1.29 is 0 Å². The zero-order chi connectivity index (χ0) is 12.1. The van der Waals surface area contributed by atoms with Crippen molar-refractivity contribution in [3.8, 4) is 0 Å². The van der Waals surface area contributed by atoms with Crippen LogP contribution in [-0.4, -0.2) is 36.1 Å². The molecule has 0 aliphatic carbocycles. The lowest BCUT2D eigenvalue weighted by Crippen LogP contribution is -2.31. The fraction of sp³-hybridized carbons (Fsp3) is 0.714. The predicted octanol–water partition coefficient (Wildman–Crippen LogP) is 1.85. The Morgan fingerprint density at radius 3 is 2.71 bits per heavy atom. The van der Waals surface area contributed by atoms with E-state index in [4.69, 9.17) is 0 Å². The van der Waals surface area contributed by atoms with E-state index in [0.717, 1.165) is 19.0 Å². The maximum atomic E-state index is 3.55. The smallest absolute Gasteiger partial charge is 0.0220 e. The highest BCUT2D eigenvalue weighted by molar-refractivity contribution is 5.09. The summed E-state index contributed by atoms with van der Waals surface area (Å²) in [6.45, 7) is 4.73. The number of hydrogen-bond acceptors (Lipinski definition) is 2. The summed E-state index contributed by atoms with van der Waals surface area (Å²) < 4.78 is 2.11. The summed E-state index contributed by atoms with van der Waals surface area (Å²) in [5, 5.41) is 3.55. The lowest BCUT2D eigenvalue weighted by atomic mass is 9.94. The van der Waals surface area contributed by atoms with E-state index >= 15 is 0 Å². The maximum absolute atomic E-state index is 3.55. The number of likely N-dealkylation sites (tertiary alicyclic amines) is 1. The summed E-state index contributed by atoms with van der Waals surface area (Å²) in [5.41, 5.74) is 1.39. The van der Waals surface area contributed by atoms with Crippen LogP contribution in [0.2, 0.25) is 0 Å². The van der Waals surface area contributed by atoms with E-state index in [1.54, 1.807) is 0 Å². The van der Waals surface area contributed by atoms with Gasteiger partial charge in [-0.3, -0.25) is 0 Å². The summed E-state index contributed by atoms with van der Waals surface area (Å²) in [5.74, 6) is 0.939. The van der Waals surface area contributed by atoms with Crippen molar-refractivity contribution in [2.24, 2.45) is 13.0 Å². The van der Waals surface area contributed by atoms with Gasteiger partial charge < -0.3 is 14.8 Å². The van der Waals surface area contributed by atoms with Crippen LogP contribution in [0.1, 0.15) is 24.8 Å². The molecule has 0 atom stereocenters. The van der Waals surface area contributed by atoms with Crippen LogP contribution in [0.5, 0.6) is 0 Å². The number of piperidine rings is 1. The summed E-state index contributed by atoms with van der Waals surface area (Å²) in [7, 11) is 4.30. The molecule has 0 unspecified atom stereocenters. The second kappa shape index (κ2) is 6.22. The first-order chi connectivity index (χ1) is 8.24. The average molecular weight is 235 g/mol. The molecule has 96 valence electrons. The summed E-state index contributed by atoms with van der Waals surface area (Å²) in [6.07, 6.45) is 8.38. The second-order valence-electron chi connectivity index (χ2n) is 5.40. The quantitative estimate of drug-likeness (QED) is 0.786. The topological polar surface area (TPSA) is 20.2 Å². The largest absolute Gasteiger partial charge is 0.357 e. The van der Waals surface area contributed by atoms with E-state index in [-0.39, 0.29) is 0 Å². The molecule has 1 N–H and O–H groups in total. The van der Waals surface area contributed by atoms with Gasteiger partial charge in [-0.2, -0.15) is 0 Å². The van der Waals surface area contributed by atoms with Crippen LogP contribution in [0.15, 0.2) is 18.5 Å². The molecule has 0 amide bonds. The van der Waals surface area contributed by atoms with Gasteiger partial charge in [0.25, 0.3) is 0 Å². The van der Waals surface area contributed by atoms with Crippen molar-refractivity contribution in [2.75, 3.05) is 26.7 Å². The Morgan fingerprint density at radius 2 is 2.06 bits per heavy atom. The highest BCUT2D eigenvalue weighted by Crippen LogP contribution is 2.18. The van der Waals surface area contributed by atoms with E-state index in [2.05, 4.69) is 47.3 Å². The third-order valence-electron chi connectivity index (χ3n) is 3.79. The molecule has 2 rings (SSSR count). The Hall–Kier alpha value is -0.800. The highest BCUT2D eigenvalue weighted by atomic mass is 15.1. The van der Waals surface area contributed by atoms with Crippen LogP contribution in [0.4, 0.5) is 0 Å². The zero-order valence-corrected chi connectivity index (χ0v) is 11.2. The first-order valence-corrected chi connectivity index (χ1v) is 6.74. The van der Waals surface area contributed by atoms with Crippen LogP contribution in [0.3, 0.4) is 0 Å². The monoisotopic (exact) mass is 235 g/mol. The summed E-state index contributed by atoms with van der Waals surface area (Å²) in [4.78, 5) is 2.44. The highest BCUT2D eigenvalue weighted by Gasteiger charge is 2.15. The third kappa shape index (κ3) is 4.17. The van der Waals surface area contributed by atoms with E-state index in [1.165, 1.54) is 37.9 Å². The predicted molar refractivity (Wildman–Crippen MR) is 72.0 cm³/mol. The molecule has 3 heteroatoms. The number of aryl methyl sites for hydroxylation is 1. The van der Waals surface area contributed by atoms with Crippen LogP contribution < -0.4 is 5.32 Å². The van der Waals surface area contributed by atoms with Gasteiger partial charge in [0.2, 0.25) is 0 Å². The normalized spacial score (nSPS) is 18.7. The molecule has 1 aliphatic heterocycles. The molecule has 1 fully saturated rings. The first kappa shape index (κ1) is 12.7. The Kier molecular flexibility index (Phi) is 4.63. The molecular weight excluding hydrogens is 210 g/mol. The molecule has 2 heterocycles. The number of hydrogen-bond donors (Lipinski definition) is 1. The fourth-order valence-corrected chi connectivity index (χ4v) is 2.56. The van der Waals surface area contributed by atoms with E-state index in [1.807, 2.05) is 0 Å². The Morgan fingerprint density at radius 1 is 1.29 bits per heavy atom. The first-order valence-electron chi connectivity index (χ1n) is 6.74. The van der Waals surface area contributed by atoms with Crippen molar-refractivity contribution in [2.45, 2.75) is 25.8 Å². The van der Waals surface area contributed by atoms with Gasteiger partial charge in [0.15, 0.2) is 0 Å². The molecule has 0 aromatic carbocycles. The Balaban J connectivity index is 1.57. The zero-order valence-electron chi connectivity index (χ0n) is 11.2. The number of nitrogens with zero attached hydrogens (tertiary/aromatic N) is 2. The average Bonchev–Trinajstić information content (AvgIpc) is 2.73. The molecule has 0 radical (unpaired) electrons. The number of aromatic nitrogens is 1. The van der Waals surface area contributed by atoms with E-state index in [9.17, 15) is 0 Å². The van der Waals surface area contributed by atoms with Crippen molar-refractivity contribution in [3.05, 3.63) is 24.0 Å². The van der Waals surface area contributed by atoms with Crippen LogP contribution in [0.25, 0.3) is 0 Å². The standard InChI is InChI=1S/C14H25N3/c1-16-8-4-13(5-9-16)3-7-15-11-14-6-10-17(2)12-14/h6,10,12-13,15H,3-5,7-9,11H2,1-2H3. The van der Waals surface area contributed by atoms with Crippen LogP contribution >= 0.6 is 0 Å². The summed E-state index contributed by atoms with van der Waals surface area (Å²) >= 11 is 0. The van der Waals surface area contributed by atoms with Crippen LogP contribution in [0, 0.1) is 5.92 Å². The van der Waals surface area contributed by atoms with Crippen molar-refractivity contribution in [1.29, 1.82) is 0 Å². The van der Waals surface area contributed by atoms with Crippen molar-refractivity contribution in [3.63, 3.8) is 0 Å².